The third-order valence-corrected chi connectivity index (χ3v) is 10.7. The van der Waals surface area contributed by atoms with Gasteiger partial charge in [0.15, 0.2) is 18.5 Å². The minimum atomic E-state index is -1.54. The Kier molecular flexibility index (Phi) is 12.8. The molecule has 1 aromatic heterocycles. The highest BCUT2D eigenvalue weighted by Gasteiger charge is 2.50. The van der Waals surface area contributed by atoms with E-state index >= 15 is 0 Å². The van der Waals surface area contributed by atoms with Gasteiger partial charge in [0.05, 0.1) is 33.9 Å². The van der Waals surface area contributed by atoms with Gasteiger partial charge in [-0.15, -0.1) is 0 Å². The number of benzene rings is 3. The van der Waals surface area contributed by atoms with Gasteiger partial charge in [0.25, 0.3) is 12.1 Å². The molecule has 4 aromatic rings. The second-order valence-corrected chi connectivity index (χ2v) is 14.1. The number of nitrogens with zero attached hydrogens (tertiary/aromatic N) is 3. The van der Waals surface area contributed by atoms with Gasteiger partial charge in [0.1, 0.15) is 35.2 Å². The lowest BCUT2D eigenvalue weighted by Gasteiger charge is -2.36. The van der Waals surface area contributed by atoms with Crippen LogP contribution in [0.15, 0.2) is 79.1 Å². The van der Waals surface area contributed by atoms with Gasteiger partial charge < -0.3 is 56.8 Å². The molecule has 2 aliphatic rings. The topological polar surface area (TPSA) is 153 Å². The average molecular weight is 803 g/mol. The highest BCUT2D eigenvalue weighted by atomic mass is 35.5. The molecule has 4 N–H and O–H groups in total. The molecule has 2 aliphatic heterocycles. The van der Waals surface area contributed by atoms with E-state index in [4.69, 9.17) is 37.4 Å². The minimum Gasteiger partial charge on any atom is -1.00 e. The summed E-state index contributed by atoms with van der Waals surface area (Å²) in [7, 11) is 3.12. The number of fused-ring (bicyclic) bond motifs is 1. The average Bonchev–Trinajstić information content (AvgIpc) is 3.37. The summed E-state index contributed by atoms with van der Waals surface area (Å²) in [5.74, 6) is 0.607. The molecule has 288 valence electrons. The van der Waals surface area contributed by atoms with E-state index < -0.39 is 42.7 Å². The molecule has 0 aliphatic carbocycles. The van der Waals surface area contributed by atoms with E-state index in [9.17, 15) is 30.0 Å². The van der Waals surface area contributed by atoms with Crippen LogP contribution >= 0.6 is 23.2 Å². The van der Waals surface area contributed by atoms with E-state index in [1.165, 1.54) is 4.57 Å². The van der Waals surface area contributed by atoms with Crippen molar-refractivity contribution in [2.45, 2.75) is 63.0 Å². The first-order valence-electron chi connectivity index (χ1n) is 17.1. The smallest absolute Gasteiger partial charge is 0.292 e. The van der Waals surface area contributed by atoms with Gasteiger partial charge in [-0.05, 0) is 79.6 Å². The first-order valence-corrected chi connectivity index (χ1v) is 17.8. The van der Waals surface area contributed by atoms with E-state index in [0.29, 0.717) is 56.0 Å². The number of hydrogen-bond acceptors (Lipinski definition) is 9. The number of ether oxygens (including phenoxy) is 3. The summed E-state index contributed by atoms with van der Waals surface area (Å²) in [4.78, 5) is 32.1. The number of halogens is 3. The third-order valence-electron chi connectivity index (χ3n) is 10.1. The lowest BCUT2D eigenvalue weighted by atomic mass is 9.76. The number of methoxy groups -OCH3 is 2. The zero-order valence-electron chi connectivity index (χ0n) is 30.0. The third kappa shape index (κ3) is 7.49. The molecule has 1 fully saturated rings. The van der Waals surface area contributed by atoms with Crippen LogP contribution in [0.4, 0.5) is 5.69 Å². The predicted molar refractivity (Wildman–Crippen MR) is 196 cm³/mol. The molecule has 0 bridgehead atoms. The van der Waals surface area contributed by atoms with E-state index in [1.807, 2.05) is 13.0 Å². The Bertz CT molecular complexity index is 2020. The van der Waals surface area contributed by atoms with Gasteiger partial charge in [-0.25, -0.2) is 0 Å². The maximum absolute atomic E-state index is 14.6. The number of carbonyl (C=O) groups is 2. The fraction of sp³-hybridized carbons (Fsp3) is 0.359. The number of rotatable bonds is 11. The van der Waals surface area contributed by atoms with Crippen molar-refractivity contribution in [1.29, 1.82) is 0 Å². The number of aliphatic hydroxyl groups is 4. The Hall–Kier alpha value is -3.98. The van der Waals surface area contributed by atoms with Gasteiger partial charge in [-0.3, -0.25) is 9.59 Å². The molecule has 3 aromatic carbocycles. The molecule has 1 saturated heterocycles. The van der Waals surface area contributed by atoms with Crippen molar-refractivity contribution in [2.75, 3.05) is 32.3 Å². The van der Waals surface area contributed by atoms with Crippen molar-refractivity contribution in [3.8, 4) is 11.5 Å². The highest BCUT2D eigenvalue weighted by Crippen LogP contribution is 2.50. The lowest BCUT2D eigenvalue weighted by Crippen LogP contribution is -3.00. The van der Waals surface area contributed by atoms with Crippen LogP contribution in [0.25, 0.3) is 0 Å². The Balaban J connectivity index is 0.00000561. The fourth-order valence-electron chi connectivity index (χ4n) is 7.10. The second kappa shape index (κ2) is 16.8. The number of hydrogen-bond donors (Lipinski definition) is 4. The van der Waals surface area contributed by atoms with Crippen LogP contribution in [-0.4, -0.2) is 88.9 Å². The highest BCUT2D eigenvalue weighted by molar-refractivity contribution is 6.33. The van der Waals surface area contributed by atoms with Crippen molar-refractivity contribution in [1.82, 2.24) is 4.90 Å². The molecule has 0 saturated carbocycles. The van der Waals surface area contributed by atoms with E-state index in [2.05, 4.69) is 0 Å². The number of pyridine rings is 1. The van der Waals surface area contributed by atoms with Crippen molar-refractivity contribution in [3.05, 3.63) is 117 Å². The zero-order chi connectivity index (χ0) is 38.2. The SMILES string of the molecule is CCN(Cc1ccc[n+]([C@@H]2O[C@H](CO)[C@@H](O)[C@H](O)[C@H]2O)c1)C(=O)c1ccc(Cl)c(C2(C)C(=O)N(Cc3ccc(OC)cc3OC)c3ccc(Cl)cc32)c1.[Cl-]. The second-order valence-electron chi connectivity index (χ2n) is 13.2. The van der Waals surface area contributed by atoms with Gasteiger partial charge in [0, 0.05) is 51.1 Å². The summed E-state index contributed by atoms with van der Waals surface area (Å²) >= 11 is 13.4. The van der Waals surface area contributed by atoms with Crippen molar-refractivity contribution in [2.24, 2.45) is 0 Å². The molecule has 15 heteroatoms. The molecular weight excluding hydrogens is 761 g/mol. The van der Waals surface area contributed by atoms with Crippen LogP contribution in [0.1, 0.15) is 52.7 Å². The molecular formula is C39H42Cl3N3O9. The molecule has 12 nitrogen and oxygen atoms in total. The van der Waals surface area contributed by atoms with Crippen LogP contribution in [-0.2, 0) is 28.0 Å². The van der Waals surface area contributed by atoms with Crippen LogP contribution in [0, 0.1) is 0 Å². The number of aliphatic hydroxyl groups excluding tert-OH is 4. The predicted octanol–water partition coefficient (Wildman–Crippen LogP) is 0.790. The van der Waals surface area contributed by atoms with Crippen LogP contribution < -0.4 is 31.3 Å². The number of anilines is 1. The molecule has 0 radical (unpaired) electrons. The van der Waals surface area contributed by atoms with Crippen molar-refractivity contribution >= 4 is 40.7 Å². The normalized spacial score (nSPS) is 23.4. The van der Waals surface area contributed by atoms with Gasteiger partial charge >= 0.3 is 0 Å². The Morgan fingerprint density at radius 2 is 1.74 bits per heavy atom. The largest absolute Gasteiger partial charge is 1.00 e. The Morgan fingerprint density at radius 3 is 2.43 bits per heavy atom. The standard InChI is InChI=1S/C39H42Cl2N3O9.ClH/c1-5-42(18-22-7-6-14-43(19-22)37-35(48)34(47)33(46)32(21-45)53-37)36(49)23-9-12-29(41)27(15-23)39(2)28-16-25(40)10-13-30(28)44(38(39)50)20-24-8-11-26(51-3)17-31(24)52-4;/h6-17,19,32-35,37,45-48H,5,18,20-21H2,1-4H3;1H/q+1;/p-1/t32-,33-,34+,35-,37-,39?;/m1./s1. The van der Waals surface area contributed by atoms with Gasteiger partial charge in [0.2, 0.25) is 5.91 Å². The minimum absolute atomic E-state index is 0. The van der Waals surface area contributed by atoms with Gasteiger partial charge in [-0.1, -0.05) is 23.2 Å². The molecule has 6 rings (SSSR count). The summed E-state index contributed by atoms with van der Waals surface area (Å²) in [5.41, 5.74) is 2.19. The molecule has 3 heterocycles. The lowest BCUT2D eigenvalue weighted by molar-refractivity contribution is -0.778. The van der Waals surface area contributed by atoms with Crippen molar-refractivity contribution < 1.29 is 61.2 Å². The van der Waals surface area contributed by atoms with E-state index in [0.717, 1.165) is 5.56 Å². The maximum Gasteiger partial charge on any atom is 0.292 e. The first kappa shape index (κ1) is 41.2. The molecule has 2 amide bonds. The summed E-state index contributed by atoms with van der Waals surface area (Å²) in [6.45, 7) is 3.76. The molecule has 1 unspecified atom stereocenters. The number of aromatic nitrogens is 1. The number of amides is 2. The van der Waals surface area contributed by atoms with Crippen LogP contribution in [0.3, 0.4) is 0 Å². The summed E-state index contributed by atoms with van der Waals surface area (Å²) in [6, 6.07) is 19.1. The fourth-order valence-corrected chi connectivity index (χ4v) is 7.58. The maximum atomic E-state index is 14.6. The van der Waals surface area contributed by atoms with E-state index in [-0.39, 0.29) is 37.3 Å². The van der Waals surface area contributed by atoms with Crippen LogP contribution in [0.2, 0.25) is 10.0 Å². The monoisotopic (exact) mass is 801 g/mol. The summed E-state index contributed by atoms with van der Waals surface area (Å²) < 4.78 is 18.2. The first-order chi connectivity index (χ1) is 25.4. The summed E-state index contributed by atoms with van der Waals surface area (Å²) in [5, 5.41) is 41.6. The molecule has 54 heavy (non-hydrogen) atoms. The van der Waals surface area contributed by atoms with E-state index in [1.54, 1.807) is 104 Å². The molecule has 6 atom stereocenters. The number of carbonyl (C=O) groups excluding carboxylic acids is 2. The summed E-state index contributed by atoms with van der Waals surface area (Å²) in [6.07, 6.45) is -3.38. The van der Waals surface area contributed by atoms with Crippen molar-refractivity contribution in [3.63, 3.8) is 0 Å². The molecule has 0 spiro atoms. The quantitative estimate of drug-likeness (QED) is 0.162. The van der Waals surface area contributed by atoms with Gasteiger partial charge in [-0.2, -0.15) is 4.57 Å². The zero-order valence-corrected chi connectivity index (χ0v) is 32.3. The Labute approximate surface area is 329 Å². The Morgan fingerprint density at radius 1 is 0.981 bits per heavy atom. The van der Waals surface area contributed by atoms with Crippen LogP contribution in [0.5, 0.6) is 11.5 Å².